The maximum absolute atomic E-state index is 10.6. The van der Waals surface area contributed by atoms with Gasteiger partial charge in [-0.1, -0.05) is 11.2 Å². The fourth-order valence-electron chi connectivity index (χ4n) is 2.57. The van der Waals surface area contributed by atoms with Crippen LogP contribution in [0.15, 0.2) is 27.8 Å². The van der Waals surface area contributed by atoms with E-state index in [4.69, 9.17) is 15.7 Å². The molecule has 0 spiro atoms. The number of anilines is 1. The molecule has 4 N–H and O–H groups in total. The van der Waals surface area contributed by atoms with E-state index >= 15 is 0 Å². The van der Waals surface area contributed by atoms with Crippen LogP contribution < -0.4 is 10.6 Å². The van der Waals surface area contributed by atoms with Crippen LogP contribution in [0.4, 0.5) is 5.69 Å². The molecule has 6 nitrogen and oxygen atoms in total. The van der Waals surface area contributed by atoms with Crippen molar-refractivity contribution in [2.24, 2.45) is 10.9 Å². The fourth-order valence-corrected chi connectivity index (χ4v) is 3.13. The summed E-state index contributed by atoms with van der Waals surface area (Å²) in [6, 6.07) is 5.58. The number of oxime groups is 1. The molecule has 0 amide bonds. The second-order valence-electron chi connectivity index (χ2n) is 5.31. The van der Waals surface area contributed by atoms with Crippen molar-refractivity contribution in [1.82, 2.24) is 0 Å². The normalized spacial score (nSPS) is 18.5. The zero-order valence-corrected chi connectivity index (χ0v) is 13.5. The molecule has 2 rings (SSSR count). The Morgan fingerprint density at radius 2 is 2.14 bits per heavy atom. The van der Waals surface area contributed by atoms with Crippen LogP contribution in [0.3, 0.4) is 0 Å². The summed E-state index contributed by atoms with van der Waals surface area (Å²) < 4.78 is 6.03. The molecular weight excluding hydrogens is 338 g/mol. The molecule has 0 unspecified atom stereocenters. The first-order valence-electron chi connectivity index (χ1n) is 6.74. The SMILES string of the molecule is CN(CC1(O)CCOCC1)c1cccc(Br)c1/C(N)=N/O. The van der Waals surface area contributed by atoms with Gasteiger partial charge in [-0.15, -0.1) is 0 Å². The van der Waals surface area contributed by atoms with Crippen LogP contribution in [0, 0.1) is 0 Å². The van der Waals surface area contributed by atoms with Crippen LogP contribution in [-0.4, -0.2) is 48.6 Å². The minimum atomic E-state index is -0.780. The maximum Gasteiger partial charge on any atom is 0.173 e. The highest BCUT2D eigenvalue weighted by molar-refractivity contribution is 9.10. The number of nitrogens with zero attached hydrogens (tertiary/aromatic N) is 2. The van der Waals surface area contributed by atoms with Gasteiger partial charge in [0.25, 0.3) is 0 Å². The molecule has 1 aromatic carbocycles. The molecular formula is C14H20BrN3O3. The maximum atomic E-state index is 10.6. The lowest BCUT2D eigenvalue weighted by atomic mass is 9.93. The van der Waals surface area contributed by atoms with E-state index in [1.165, 1.54) is 0 Å². The Hall–Kier alpha value is -1.31. The van der Waals surface area contributed by atoms with E-state index in [0.717, 1.165) is 10.2 Å². The Kier molecular flexibility index (Phi) is 5.08. The third kappa shape index (κ3) is 3.66. The molecule has 116 valence electrons. The summed E-state index contributed by atoms with van der Waals surface area (Å²) in [6.07, 6.45) is 1.20. The molecule has 1 aromatic rings. The zero-order chi connectivity index (χ0) is 15.5. The van der Waals surface area contributed by atoms with Crippen LogP contribution in [0.25, 0.3) is 0 Å². The molecule has 7 heteroatoms. The van der Waals surface area contributed by atoms with Crippen molar-refractivity contribution >= 4 is 27.5 Å². The van der Waals surface area contributed by atoms with E-state index in [1.54, 1.807) is 0 Å². The molecule has 1 fully saturated rings. The number of hydrogen-bond donors (Lipinski definition) is 3. The Bertz CT molecular complexity index is 530. The van der Waals surface area contributed by atoms with Crippen molar-refractivity contribution in [3.05, 3.63) is 28.2 Å². The van der Waals surface area contributed by atoms with Gasteiger partial charge in [-0.3, -0.25) is 0 Å². The van der Waals surface area contributed by atoms with Crippen LogP contribution in [0.1, 0.15) is 18.4 Å². The summed E-state index contributed by atoms with van der Waals surface area (Å²) in [5, 5.41) is 22.6. The molecule has 0 bridgehead atoms. The number of benzene rings is 1. The van der Waals surface area contributed by atoms with Gasteiger partial charge in [0.2, 0.25) is 0 Å². The fraction of sp³-hybridized carbons (Fsp3) is 0.500. The minimum absolute atomic E-state index is 0.0308. The lowest BCUT2D eigenvalue weighted by Gasteiger charge is -2.36. The van der Waals surface area contributed by atoms with Crippen LogP contribution in [-0.2, 0) is 4.74 Å². The van der Waals surface area contributed by atoms with Gasteiger partial charge in [-0.2, -0.15) is 0 Å². The molecule has 0 aromatic heterocycles. The van der Waals surface area contributed by atoms with Gasteiger partial charge in [-0.05, 0) is 28.1 Å². The van der Waals surface area contributed by atoms with Gasteiger partial charge >= 0.3 is 0 Å². The molecule has 1 heterocycles. The van der Waals surface area contributed by atoms with E-state index in [1.807, 2.05) is 30.1 Å². The van der Waals surface area contributed by atoms with Crippen LogP contribution in [0.5, 0.6) is 0 Å². The monoisotopic (exact) mass is 357 g/mol. The molecule has 1 aliphatic rings. The third-order valence-electron chi connectivity index (χ3n) is 3.72. The summed E-state index contributed by atoms with van der Waals surface area (Å²) >= 11 is 3.41. The summed E-state index contributed by atoms with van der Waals surface area (Å²) in [7, 11) is 1.88. The van der Waals surface area contributed by atoms with Crippen molar-refractivity contribution < 1.29 is 15.1 Å². The van der Waals surface area contributed by atoms with Crippen LogP contribution in [0.2, 0.25) is 0 Å². The number of halogens is 1. The van der Waals surface area contributed by atoms with Gasteiger partial charge in [0.05, 0.1) is 11.2 Å². The van der Waals surface area contributed by atoms with Gasteiger partial charge in [0.1, 0.15) is 0 Å². The van der Waals surface area contributed by atoms with E-state index in [-0.39, 0.29) is 5.84 Å². The van der Waals surface area contributed by atoms with Gasteiger partial charge < -0.3 is 25.7 Å². The largest absolute Gasteiger partial charge is 0.409 e. The molecule has 1 aliphatic heterocycles. The van der Waals surface area contributed by atoms with E-state index in [0.29, 0.717) is 38.2 Å². The van der Waals surface area contributed by atoms with Gasteiger partial charge in [0, 0.05) is 49.8 Å². The molecule has 0 atom stereocenters. The second-order valence-corrected chi connectivity index (χ2v) is 6.17. The Morgan fingerprint density at radius 1 is 1.48 bits per heavy atom. The first-order valence-corrected chi connectivity index (χ1v) is 7.54. The lowest BCUT2D eigenvalue weighted by Crippen LogP contribution is -2.46. The van der Waals surface area contributed by atoms with Crippen molar-refractivity contribution in [1.29, 1.82) is 0 Å². The average molecular weight is 358 g/mol. The summed E-state index contributed by atoms with van der Waals surface area (Å²) in [5.74, 6) is 0.0308. The zero-order valence-electron chi connectivity index (χ0n) is 11.9. The topological polar surface area (TPSA) is 91.3 Å². The van der Waals surface area contributed by atoms with E-state index in [9.17, 15) is 5.11 Å². The number of amidine groups is 1. The highest BCUT2D eigenvalue weighted by atomic mass is 79.9. The highest BCUT2D eigenvalue weighted by Crippen LogP contribution is 2.30. The third-order valence-corrected chi connectivity index (χ3v) is 4.38. The van der Waals surface area contributed by atoms with Crippen molar-refractivity contribution in [3.8, 4) is 0 Å². The predicted molar refractivity (Wildman–Crippen MR) is 84.9 cm³/mol. The first kappa shape index (κ1) is 16.1. The van der Waals surface area contributed by atoms with Crippen molar-refractivity contribution in [3.63, 3.8) is 0 Å². The number of rotatable bonds is 4. The Morgan fingerprint density at radius 3 is 2.76 bits per heavy atom. The van der Waals surface area contributed by atoms with Gasteiger partial charge in [0.15, 0.2) is 5.84 Å². The summed E-state index contributed by atoms with van der Waals surface area (Å²) in [6.45, 7) is 1.59. The molecule has 0 aliphatic carbocycles. The number of aliphatic hydroxyl groups is 1. The highest BCUT2D eigenvalue weighted by Gasteiger charge is 2.32. The average Bonchev–Trinajstić information content (AvgIpc) is 2.46. The number of likely N-dealkylation sites (N-methyl/N-ethyl adjacent to an activating group) is 1. The van der Waals surface area contributed by atoms with Crippen LogP contribution >= 0.6 is 15.9 Å². The second kappa shape index (κ2) is 6.64. The van der Waals surface area contributed by atoms with E-state index in [2.05, 4.69) is 21.1 Å². The molecule has 0 radical (unpaired) electrons. The number of hydrogen-bond acceptors (Lipinski definition) is 5. The van der Waals surface area contributed by atoms with Crippen molar-refractivity contribution in [2.75, 3.05) is 31.7 Å². The van der Waals surface area contributed by atoms with Gasteiger partial charge in [-0.25, -0.2) is 0 Å². The quantitative estimate of drug-likeness (QED) is 0.329. The standard InChI is InChI=1S/C14H20BrN3O3/c1-18(9-14(19)5-7-21-8-6-14)11-4-2-3-10(15)12(11)13(16)17-20/h2-4,19-20H,5-9H2,1H3,(H2,16,17). The molecule has 21 heavy (non-hydrogen) atoms. The summed E-state index contributed by atoms with van der Waals surface area (Å²) in [5.41, 5.74) is 6.38. The number of ether oxygens (including phenoxy) is 1. The molecule has 0 saturated carbocycles. The summed E-state index contributed by atoms with van der Waals surface area (Å²) in [4.78, 5) is 1.92. The minimum Gasteiger partial charge on any atom is -0.409 e. The Balaban J connectivity index is 2.27. The smallest absolute Gasteiger partial charge is 0.173 e. The Labute approximate surface area is 132 Å². The predicted octanol–water partition coefficient (Wildman–Crippen LogP) is 1.52. The number of nitrogens with two attached hydrogens (primary N) is 1. The lowest BCUT2D eigenvalue weighted by molar-refractivity contribution is -0.0572. The van der Waals surface area contributed by atoms with Crippen molar-refractivity contribution in [2.45, 2.75) is 18.4 Å². The molecule has 1 saturated heterocycles. The first-order chi connectivity index (χ1) is 9.97. The van der Waals surface area contributed by atoms with E-state index < -0.39 is 5.60 Å².